The van der Waals surface area contributed by atoms with Crippen LogP contribution in [0.25, 0.3) is 0 Å². The topological polar surface area (TPSA) is 131 Å². The van der Waals surface area contributed by atoms with Gasteiger partial charge in [-0.2, -0.15) is 5.10 Å². The largest absolute Gasteiger partial charge is 0.436 e. The van der Waals surface area contributed by atoms with Crippen LogP contribution >= 0.6 is 0 Å². The van der Waals surface area contributed by atoms with Crippen molar-refractivity contribution in [3.8, 4) is 0 Å². The number of aromatic amines is 1. The third-order valence-electron chi connectivity index (χ3n) is 7.01. The molecule has 0 saturated carbocycles. The zero-order valence-corrected chi connectivity index (χ0v) is 20.8. The Morgan fingerprint density at radius 2 is 1.97 bits per heavy atom. The number of anilines is 1. The standard InChI is InChI=1S/C23H35N7O4/c1-13-11-29(14(2)10-28(13)8-7-9-31)22(33)30-12-17-19(23(30,5)6)26-27-20(17)25-21(32)18-15(3)24-16(4)34-18/h13-14,31H,7-12H2,1-6H3,(H2,25,26,27,32)/t13-,14+/m1/s1. The maximum absolute atomic E-state index is 13.7. The number of aliphatic hydroxyl groups excluding tert-OH is 1. The van der Waals surface area contributed by atoms with Gasteiger partial charge in [0, 0.05) is 50.8 Å². The Hall–Kier alpha value is -2.92. The second-order valence-electron chi connectivity index (χ2n) is 9.88. The highest BCUT2D eigenvalue weighted by molar-refractivity contribution is 6.03. The number of fused-ring (bicyclic) bond motifs is 1. The smallest absolute Gasteiger partial charge is 0.321 e. The first-order chi connectivity index (χ1) is 16.0. The molecular weight excluding hydrogens is 438 g/mol. The summed E-state index contributed by atoms with van der Waals surface area (Å²) in [5, 5.41) is 19.3. The van der Waals surface area contributed by atoms with Gasteiger partial charge in [-0.3, -0.25) is 14.8 Å². The molecule has 2 aliphatic heterocycles. The summed E-state index contributed by atoms with van der Waals surface area (Å²) in [7, 11) is 0. The Bertz CT molecular complexity index is 1080. The van der Waals surface area contributed by atoms with Gasteiger partial charge in [-0.15, -0.1) is 0 Å². The average Bonchev–Trinajstić information content (AvgIpc) is 3.41. The first-order valence-corrected chi connectivity index (χ1v) is 11.8. The molecule has 2 aromatic rings. The van der Waals surface area contributed by atoms with Crippen molar-refractivity contribution in [3.63, 3.8) is 0 Å². The van der Waals surface area contributed by atoms with Gasteiger partial charge in [-0.05, 0) is 41.0 Å². The van der Waals surface area contributed by atoms with Crippen molar-refractivity contribution in [2.75, 3.05) is 31.6 Å². The summed E-state index contributed by atoms with van der Waals surface area (Å²) < 4.78 is 5.43. The van der Waals surface area contributed by atoms with Crippen LogP contribution in [-0.2, 0) is 12.1 Å². The normalized spacial score (nSPS) is 22.2. The molecule has 11 nitrogen and oxygen atoms in total. The quantitative estimate of drug-likeness (QED) is 0.607. The van der Waals surface area contributed by atoms with Gasteiger partial charge >= 0.3 is 6.03 Å². The molecule has 2 aromatic heterocycles. The second kappa shape index (κ2) is 9.03. The zero-order chi connectivity index (χ0) is 24.8. The second-order valence-corrected chi connectivity index (χ2v) is 9.88. The van der Waals surface area contributed by atoms with E-state index in [0.29, 0.717) is 30.5 Å². The Balaban J connectivity index is 1.50. The van der Waals surface area contributed by atoms with E-state index in [9.17, 15) is 14.7 Å². The Morgan fingerprint density at radius 1 is 1.24 bits per heavy atom. The molecule has 1 saturated heterocycles. The predicted molar refractivity (Wildman–Crippen MR) is 125 cm³/mol. The van der Waals surface area contributed by atoms with Crippen molar-refractivity contribution >= 4 is 17.8 Å². The van der Waals surface area contributed by atoms with Crippen LogP contribution in [0.4, 0.5) is 10.6 Å². The number of nitrogens with one attached hydrogen (secondary N) is 2. The lowest BCUT2D eigenvalue weighted by molar-refractivity contribution is 0.0326. The molecule has 0 unspecified atom stereocenters. The highest BCUT2D eigenvalue weighted by Gasteiger charge is 2.46. The van der Waals surface area contributed by atoms with Gasteiger partial charge in [0.1, 0.15) is 0 Å². The maximum Gasteiger partial charge on any atom is 0.321 e. The van der Waals surface area contributed by atoms with Crippen LogP contribution in [-0.4, -0.2) is 85.3 Å². The van der Waals surface area contributed by atoms with Crippen molar-refractivity contribution in [2.45, 2.75) is 72.1 Å². The summed E-state index contributed by atoms with van der Waals surface area (Å²) in [5.74, 6) is 0.553. The van der Waals surface area contributed by atoms with E-state index in [2.05, 4.69) is 39.2 Å². The lowest BCUT2D eigenvalue weighted by atomic mass is 10.0. The first-order valence-electron chi connectivity index (χ1n) is 11.8. The molecule has 0 radical (unpaired) electrons. The molecule has 3 N–H and O–H groups in total. The SMILES string of the molecule is Cc1nc(C)c(C(=O)Nc2n[nH]c3c2CN(C(=O)N2C[C@@H](C)N(CCCO)C[C@@H]2C)C3(C)C)o1. The zero-order valence-electron chi connectivity index (χ0n) is 20.8. The number of hydrogen-bond donors (Lipinski definition) is 3. The molecule has 0 aromatic carbocycles. The van der Waals surface area contributed by atoms with Crippen molar-refractivity contribution < 1.29 is 19.1 Å². The number of carbonyl (C=O) groups is 2. The van der Waals surface area contributed by atoms with Crippen molar-refractivity contribution in [2.24, 2.45) is 0 Å². The molecule has 4 rings (SSSR count). The Morgan fingerprint density at radius 3 is 2.62 bits per heavy atom. The number of amides is 3. The van der Waals surface area contributed by atoms with Gasteiger partial charge in [-0.25, -0.2) is 9.78 Å². The van der Waals surface area contributed by atoms with Gasteiger partial charge in [0.25, 0.3) is 5.91 Å². The monoisotopic (exact) mass is 473 g/mol. The number of piperazine rings is 1. The van der Waals surface area contributed by atoms with Crippen LogP contribution in [0, 0.1) is 13.8 Å². The third-order valence-corrected chi connectivity index (χ3v) is 7.01. The van der Waals surface area contributed by atoms with Crippen LogP contribution in [0.1, 0.15) is 67.5 Å². The molecule has 2 aliphatic rings. The molecule has 0 bridgehead atoms. The summed E-state index contributed by atoms with van der Waals surface area (Å²) in [6.07, 6.45) is 0.730. The molecule has 0 aliphatic carbocycles. The van der Waals surface area contributed by atoms with Crippen molar-refractivity contribution in [3.05, 3.63) is 28.6 Å². The summed E-state index contributed by atoms with van der Waals surface area (Å²) in [4.78, 5) is 36.7. The highest BCUT2D eigenvalue weighted by Crippen LogP contribution is 2.41. The van der Waals surface area contributed by atoms with Crippen molar-refractivity contribution in [1.29, 1.82) is 0 Å². The number of urea groups is 1. The molecule has 4 heterocycles. The molecule has 0 spiro atoms. The lowest BCUT2D eigenvalue weighted by Crippen LogP contribution is -2.61. The highest BCUT2D eigenvalue weighted by atomic mass is 16.4. The summed E-state index contributed by atoms with van der Waals surface area (Å²) >= 11 is 0. The van der Waals surface area contributed by atoms with E-state index in [4.69, 9.17) is 4.42 Å². The van der Waals surface area contributed by atoms with E-state index in [0.717, 1.165) is 30.8 Å². The molecule has 1 fully saturated rings. The summed E-state index contributed by atoms with van der Waals surface area (Å²) in [6, 6.07) is 0.224. The molecule has 11 heteroatoms. The van der Waals surface area contributed by atoms with E-state index in [1.165, 1.54) is 0 Å². The maximum atomic E-state index is 13.7. The van der Waals surface area contributed by atoms with Gasteiger partial charge in [0.15, 0.2) is 11.7 Å². The number of carbonyl (C=O) groups excluding carboxylic acids is 2. The Labute approximate surface area is 199 Å². The van der Waals surface area contributed by atoms with E-state index < -0.39 is 11.4 Å². The fraction of sp³-hybridized carbons (Fsp3) is 0.652. The minimum atomic E-state index is -0.613. The molecule has 2 atom stereocenters. The van der Waals surface area contributed by atoms with Crippen LogP contribution < -0.4 is 5.32 Å². The first kappa shape index (κ1) is 24.2. The van der Waals surface area contributed by atoms with Crippen LogP contribution in [0.2, 0.25) is 0 Å². The van der Waals surface area contributed by atoms with E-state index in [-0.39, 0.29) is 30.5 Å². The predicted octanol–water partition coefficient (Wildman–Crippen LogP) is 2.21. The number of hydrogen-bond acceptors (Lipinski definition) is 7. The number of H-pyrrole nitrogens is 1. The van der Waals surface area contributed by atoms with E-state index >= 15 is 0 Å². The van der Waals surface area contributed by atoms with Gasteiger partial charge in [0.05, 0.1) is 23.5 Å². The van der Waals surface area contributed by atoms with Gasteiger partial charge < -0.3 is 24.6 Å². The fourth-order valence-corrected chi connectivity index (χ4v) is 5.04. The number of aliphatic hydroxyl groups is 1. The number of rotatable bonds is 5. The summed E-state index contributed by atoms with van der Waals surface area (Å²) in [5.41, 5.74) is 1.50. The van der Waals surface area contributed by atoms with E-state index in [1.807, 2.05) is 23.6 Å². The minimum absolute atomic E-state index is 0.0326. The number of aryl methyl sites for hydroxylation is 2. The third kappa shape index (κ3) is 4.18. The number of oxazole rings is 1. The van der Waals surface area contributed by atoms with Gasteiger partial charge in [0.2, 0.25) is 5.76 Å². The fourth-order valence-electron chi connectivity index (χ4n) is 5.04. The van der Waals surface area contributed by atoms with E-state index in [1.54, 1.807) is 13.8 Å². The number of aromatic nitrogens is 3. The van der Waals surface area contributed by atoms with Gasteiger partial charge in [-0.1, -0.05) is 0 Å². The minimum Gasteiger partial charge on any atom is -0.436 e. The van der Waals surface area contributed by atoms with Crippen LogP contribution in [0.3, 0.4) is 0 Å². The van der Waals surface area contributed by atoms with Crippen LogP contribution in [0.15, 0.2) is 4.42 Å². The molecule has 34 heavy (non-hydrogen) atoms. The lowest BCUT2D eigenvalue weighted by Gasteiger charge is -2.46. The summed E-state index contributed by atoms with van der Waals surface area (Å²) in [6.45, 7) is 14.3. The van der Waals surface area contributed by atoms with Crippen LogP contribution in [0.5, 0.6) is 0 Å². The average molecular weight is 474 g/mol. The molecular formula is C23H35N7O4. The Kier molecular flexibility index (Phi) is 6.43. The molecule has 186 valence electrons. The number of nitrogens with zero attached hydrogens (tertiary/aromatic N) is 5. The van der Waals surface area contributed by atoms with Crippen molar-refractivity contribution in [1.82, 2.24) is 29.9 Å². The molecule has 3 amide bonds.